The normalized spacial score (nSPS) is 13.1. The molecule has 1 aliphatic rings. The molecule has 1 N–H and O–H groups in total. The highest BCUT2D eigenvalue weighted by Gasteiger charge is 2.32. The monoisotopic (exact) mass is 412 g/mol. The van der Waals surface area contributed by atoms with Crippen LogP contribution in [-0.4, -0.2) is 29.2 Å². The van der Waals surface area contributed by atoms with Gasteiger partial charge < -0.3 is 5.32 Å². The first-order valence-electron chi connectivity index (χ1n) is 9.19. The van der Waals surface area contributed by atoms with Gasteiger partial charge in [0.15, 0.2) is 11.6 Å². The molecule has 0 bridgehead atoms. The Hall–Kier alpha value is -3.68. The van der Waals surface area contributed by atoms with E-state index in [9.17, 15) is 27.6 Å². The molecule has 3 aromatic rings. The molecule has 30 heavy (non-hydrogen) atoms. The third-order valence-corrected chi connectivity index (χ3v) is 4.93. The molecule has 0 saturated heterocycles. The lowest BCUT2D eigenvalue weighted by atomic mass is 9.94. The van der Waals surface area contributed by atoms with Crippen LogP contribution >= 0.6 is 0 Å². The van der Waals surface area contributed by atoms with E-state index in [1.54, 1.807) is 24.3 Å². The summed E-state index contributed by atoms with van der Waals surface area (Å²) in [7, 11) is 0. The standard InChI is InChI=1S/C22H15F3N2O3/c23-15-10-17(25)18(11-16(15)24)26-19(28)8-3-9-27-21(29)13-6-1-4-12-5-2-7-14(20(12)13)22(27)30/h1-2,4-7,10-11H,3,8-9H2,(H,26,28). The molecule has 3 aromatic carbocycles. The summed E-state index contributed by atoms with van der Waals surface area (Å²) in [5, 5.41) is 3.56. The summed E-state index contributed by atoms with van der Waals surface area (Å²) in [6.45, 7) is -0.0178. The van der Waals surface area contributed by atoms with Crippen molar-refractivity contribution in [3.63, 3.8) is 0 Å². The zero-order chi connectivity index (χ0) is 21.4. The van der Waals surface area contributed by atoms with Crippen LogP contribution in [0.2, 0.25) is 0 Å². The average molecular weight is 412 g/mol. The Balaban J connectivity index is 1.43. The van der Waals surface area contributed by atoms with Crippen molar-refractivity contribution in [2.45, 2.75) is 12.8 Å². The summed E-state index contributed by atoms with van der Waals surface area (Å²) in [6, 6.07) is 11.3. The number of rotatable bonds is 5. The van der Waals surface area contributed by atoms with Gasteiger partial charge in [0.25, 0.3) is 11.8 Å². The molecule has 4 rings (SSSR count). The minimum atomic E-state index is -1.36. The van der Waals surface area contributed by atoms with E-state index in [0.717, 1.165) is 10.3 Å². The van der Waals surface area contributed by atoms with Gasteiger partial charge in [-0.1, -0.05) is 24.3 Å². The van der Waals surface area contributed by atoms with Crippen LogP contribution in [0, 0.1) is 17.5 Å². The Kier molecular flexibility index (Phi) is 4.99. The lowest BCUT2D eigenvalue weighted by Crippen LogP contribution is -2.41. The SMILES string of the molecule is O=C(CCCN1C(=O)c2cccc3cccc(c23)C1=O)Nc1cc(F)c(F)cc1F. The van der Waals surface area contributed by atoms with Gasteiger partial charge in [-0.3, -0.25) is 19.3 Å². The largest absolute Gasteiger partial charge is 0.324 e. The fourth-order valence-corrected chi connectivity index (χ4v) is 3.51. The van der Waals surface area contributed by atoms with Crippen LogP contribution < -0.4 is 5.32 Å². The quantitative estimate of drug-likeness (QED) is 0.503. The van der Waals surface area contributed by atoms with Gasteiger partial charge in [0.1, 0.15) is 5.82 Å². The topological polar surface area (TPSA) is 66.5 Å². The Morgan fingerprint density at radius 2 is 1.47 bits per heavy atom. The first-order valence-corrected chi connectivity index (χ1v) is 9.19. The fourth-order valence-electron chi connectivity index (χ4n) is 3.51. The maximum atomic E-state index is 13.6. The van der Waals surface area contributed by atoms with Crippen LogP contribution in [0.4, 0.5) is 18.9 Å². The molecular formula is C22H15F3N2O3. The van der Waals surface area contributed by atoms with E-state index < -0.39 is 40.9 Å². The molecule has 3 amide bonds. The van der Waals surface area contributed by atoms with Crippen LogP contribution in [0.25, 0.3) is 10.8 Å². The number of halogens is 3. The second kappa shape index (κ2) is 7.62. The van der Waals surface area contributed by atoms with Crippen molar-refractivity contribution in [1.82, 2.24) is 4.90 Å². The van der Waals surface area contributed by atoms with Gasteiger partial charge in [0.2, 0.25) is 5.91 Å². The molecule has 5 nitrogen and oxygen atoms in total. The summed E-state index contributed by atoms with van der Waals surface area (Å²) in [5.74, 6) is -5.30. The number of benzene rings is 3. The summed E-state index contributed by atoms with van der Waals surface area (Å²) in [6.07, 6.45) is -0.0336. The molecule has 152 valence electrons. The molecule has 0 fully saturated rings. The molecule has 0 spiro atoms. The minimum absolute atomic E-state index is 0.0178. The number of imide groups is 1. The molecular weight excluding hydrogens is 397 g/mol. The van der Waals surface area contributed by atoms with Gasteiger partial charge in [-0.2, -0.15) is 0 Å². The highest BCUT2D eigenvalue weighted by Crippen LogP contribution is 2.30. The summed E-state index contributed by atoms with van der Waals surface area (Å²) >= 11 is 0. The summed E-state index contributed by atoms with van der Waals surface area (Å²) in [5.41, 5.74) is 0.344. The number of nitrogens with one attached hydrogen (secondary N) is 1. The van der Waals surface area contributed by atoms with E-state index in [4.69, 9.17) is 0 Å². The Bertz CT molecular complexity index is 1160. The number of hydrogen-bond donors (Lipinski definition) is 1. The van der Waals surface area contributed by atoms with E-state index in [1.165, 1.54) is 0 Å². The van der Waals surface area contributed by atoms with Crippen molar-refractivity contribution in [2.24, 2.45) is 0 Å². The number of carbonyl (C=O) groups is 3. The smallest absolute Gasteiger partial charge is 0.261 e. The average Bonchev–Trinajstić information content (AvgIpc) is 2.72. The number of hydrogen-bond acceptors (Lipinski definition) is 3. The number of anilines is 1. The van der Waals surface area contributed by atoms with Gasteiger partial charge in [-0.25, -0.2) is 13.2 Å². The highest BCUT2D eigenvalue weighted by atomic mass is 19.2. The van der Waals surface area contributed by atoms with Gasteiger partial charge in [-0.05, 0) is 23.9 Å². The van der Waals surface area contributed by atoms with Crippen LogP contribution in [-0.2, 0) is 4.79 Å². The van der Waals surface area contributed by atoms with Gasteiger partial charge in [0, 0.05) is 41.6 Å². The predicted molar refractivity (Wildman–Crippen MR) is 103 cm³/mol. The molecule has 0 atom stereocenters. The lowest BCUT2D eigenvalue weighted by molar-refractivity contribution is -0.116. The minimum Gasteiger partial charge on any atom is -0.324 e. The number of amides is 3. The second-order valence-electron chi connectivity index (χ2n) is 6.87. The molecule has 1 heterocycles. The lowest BCUT2D eigenvalue weighted by Gasteiger charge is -2.27. The van der Waals surface area contributed by atoms with Crippen LogP contribution in [0.15, 0.2) is 48.5 Å². The van der Waals surface area contributed by atoms with Crippen LogP contribution in [0.5, 0.6) is 0 Å². The Morgan fingerprint density at radius 3 is 2.10 bits per heavy atom. The first kappa shape index (κ1) is 19.6. The third kappa shape index (κ3) is 3.41. The summed E-state index contributed by atoms with van der Waals surface area (Å²) in [4.78, 5) is 38.7. The van der Waals surface area contributed by atoms with Crippen molar-refractivity contribution in [3.05, 3.63) is 77.1 Å². The fraction of sp³-hybridized carbons (Fsp3) is 0.136. The molecule has 0 aromatic heterocycles. The van der Waals surface area contributed by atoms with Gasteiger partial charge in [0.05, 0.1) is 5.69 Å². The molecule has 0 unspecified atom stereocenters. The van der Waals surface area contributed by atoms with Crippen molar-refractivity contribution in [1.29, 1.82) is 0 Å². The molecule has 1 aliphatic heterocycles. The molecule has 0 radical (unpaired) electrons. The third-order valence-electron chi connectivity index (χ3n) is 4.93. The van der Waals surface area contributed by atoms with E-state index in [0.29, 0.717) is 28.6 Å². The van der Waals surface area contributed by atoms with Crippen LogP contribution in [0.3, 0.4) is 0 Å². The highest BCUT2D eigenvalue weighted by molar-refractivity contribution is 6.25. The van der Waals surface area contributed by atoms with Crippen molar-refractivity contribution >= 4 is 34.2 Å². The Labute approximate surface area is 169 Å². The zero-order valence-electron chi connectivity index (χ0n) is 15.5. The first-order chi connectivity index (χ1) is 14.4. The van der Waals surface area contributed by atoms with Gasteiger partial charge >= 0.3 is 0 Å². The van der Waals surface area contributed by atoms with Crippen molar-refractivity contribution in [2.75, 3.05) is 11.9 Å². The maximum absolute atomic E-state index is 13.6. The zero-order valence-corrected chi connectivity index (χ0v) is 15.5. The number of nitrogens with zero attached hydrogens (tertiary/aromatic N) is 1. The van der Waals surface area contributed by atoms with E-state index >= 15 is 0 Å². The van der Waals surface area contributed by atoms with E-state index in [1.807, 2.05) is 12.1 Å². The summed E-state index contributed by atoms with van der Waals surface area (Å²) < 4.78 is 39.8. The predicted octanol–water partition coefficient (Wildman–Crippen LogP) is 4.27. The number of carbonyl (C=O) groups excluding carboxylic acids is 3. The Morgan fingerprint density at radius 1 is 0.867 bits per heavy atom. The molecule has 0 aliphatic carbocycles. The van der Waals surface area contributed by atoms with E-state index in [-0.39, 0.29) is 19.4 Å². The van der Waals surface area contributed by atoms with Crippen molar-refractivity contribution in [3.8, 4) is 0 Å². The van der Waals surface area contributed by atoms with E-state index in [2.05, 4.69) is 5.32 Å². The van der Waals surface area contributed by atoms with Crippen LogP contribution in [0.1, 0.15) is 33.6 Å². The second-order valence-corrected chi connectivity index (χ2v) is 6.87. The maximum Gasteiger partial charge on any atom is 0.261 e. The molecule has 8 heteroatoms. The van der Waals surface area contributed by atoms with Gasteiger partial charge in [-0.15, -0.1) is 0 Å². The molecule has 0 saturated carbocycles. The van der Waals surface area contributed by atoms with Crippen molar-refractivity contribution < 1.29 is 27.6 Å².